The highest BCUT2D eigenvalue weighted by molar-refractivity contribution is 4.70. The molecule has 0 saturated heterocycles. The lowest BCUT2D eigenvalue weighted by Gasteiger charge is -2.10. The Morgan fingerprint density at radius 1 is 1.73 bits per heavy atom. The highest BCUT2D eigenvalue weighted by atomic mass is 16.5. The van der Waals surface area contributed by atoms with E-state index < -0.39 is 6.23 Å². The van der Waals surface area contributed by atoms with Crippen LogP contribution in [0, 0.1) is 0 Å². The molecule has 0 aromatic carbocycles. The van der Waals surface area contributed by atoms with E-state index >= 15 is 0 Å². The third kappa shape index (κ3) is 7.52. The fourth-order valence-corrected chi connectivity index (χ4v) is 0.618. The third-order valence-electron chi connectivity index (χ3n) is 1.12. The third-order valence-corrected chi connectivity index (χ3v) is 1.12. The van der Waals surface area contributed by atoms with Gasteiger partial charge in [0.1, 0.15) is 6.23 Å². The molecule has 0 spiro atoms. The number of ether oxygens (including phenoxy) is 1. The van der Waals surface area contributed by atoms with E-state index in [1.54, 1.807) is 6.08 Å². The molecule has 1 unspecified atom stereocenters. The molecule has 0 heterocycles. The van der Waals surface area contributed by atoms with Gasteiger partial charge in [0.15, 0.2) is 0 Å². The van der Waals surface area contributed by atoms with Crippen LogP contribution < -0.4 is 5.32 Å². The van der Waals surface area contributed by atoms with Gasteiger partial charge in [-0.15, -0.1) is 6.58 Å². The summed E-state index contributed by atoms with van der Waals surface area (Å²) in [5.74, 6) is 0. The van der Waals surface area contributed by atoms with E-state index in [1.165, 1.54) is 0 Å². The maximum Gasteiger partial charge on any atom is 0.128 e. The van der Waals surface area contributed by atoms with Crippen molar-refractivity contribution in [3.63, 3.8) is 0 Å². The fraction of sp³-hybridized carbons (Fsp3) is 0.750. The van der Waals surface area contributed by atoms with Gasteiger partial charge in [-0.25, -0.2) is 0 Å². The average molecular weight is 159 g/mol. The van der Waals surface area contributed by atoms with Crippen LogP contribution in [0.3, 0.4) is 0 Å². The van der Waals surface area contributed by atoms with Crippen molar-refractivity contribution in [3.8, 4) is 0 Å². The molecule has 0 aromatic heterocycles. The van der Waals surface area contributed by atoms with Gasteiger partial charge in [0.05, 0.1) is 6.61 Å². The Bertz CT molecular complexity index is 96.1. The lowest BCUT2D eigenvalue weighted by Crippen LogP contribution is -2.33. The molecule has 0 aliphatic heterocycles. The summed E-state index contributed by atoms with van der Waals surface area (Å²) in [7, 11) is 0. The van der Waals surface area contributed by atoms with Gasteiger partial charge >= 0.3 is 0 Å². The predicted molar refractivity (Wildman–Crippen MR) is 45.3 cm³/mol. The Kier molecular flexibility index (Phi) is 7.46. The van der Waals surface area contributed by atoms with Crippen molar-refractivity contribution in [1.29, 1.82) is 0 Å². The lowest BCUT2D eigenvalue weighted by atomic mass is 10.5. The first-order valence-electron chi connectivity index (χ1n) is 3.91. The minimum absolute atomic E-state index is 0.349. The quantitative estimate of drug-likeness (QED) is 0.323. The number of aliphatic hydroxyl groups is 1. The van der Waals surface area contributed by atoms with Crippen molar-refractivity contribution in [2.75, 3.05) is 19.8 Å². The normalized spacial score (nSPS) is 12.9. The molecule has 66 valence electrons. The topological polar surface area (TPSA) is 41.5 Å². The van der Waals surface area contributed by atoms with Crippen LogP contribution in [0.15, 0.2) is 12.7 Å². The Morgan fingerprint density at radius 3 is 3.00 bits per heavy atom. The molecule has 0 rings (SSSR count). The first-order chi connectivity index (χ1) is 5.31. The van der Waals surface area contributed by atoms with Crippen molar-refractivity contribution in [1.82, 2.24) is 5.32 Å². The van der Waals surface area contributed by atoms with Gasteiger partial charge in [0, 0.05) is 13.2 Å². The maximum absolute atomic E-state index is 9.12. The van der Waals surface area contributed by atoms with E-state index in [9.17, 15) is 0 Å². The van der Waals surface area contributed by atoms with E-state index in [0.29, 0.717) is 19.8 Å². The van der Waals surface area contributed by atoms with Crippen molar-refractivity contribution in [2.24, 2.45) is 0 Å². The van der Waals surface area contributed by atoms with Crippen molar-refractivity contribution >= 4 is 0 Å². The number of aliphatic hydroxyl groups excluding tert-OH is 1. The van der Waals surface area contributed by atoms with Gasteiger partial charge in [-0.1, -0.05) is 13.0 Å². The summed E-state index contributed by atoms with van der Waals surface area (Å²) in [6.45, 7) is 7.20. The average Bonchev–Trinajstić information content (AvgIpc) is 2.01. The molecule has 0 aliphatic carbocycles. The molecular weight excluding hydrogens is 142 g/mol. The van der Waals surface area contributed by atoms with E-state index in [-0.39, 0.29) is 0 Å². The second kappa shape index (κ2) is 7.72. The van der Waals surface area contributed by atoms with E-state index in [1.807, 2.05) is 6.92 Å². The SMILES string of the molecule is C=CCNC(O)COCCC. The summed E-state index contributed by atoms with van der Waals surface area (Å²) >= 11 is 0. The molecule has 1 atom stereocenters. The smallest absolute Gasteiger partial charge is 0.128 e. The van der Waals surface area contributed by atoms with Gasteiger partial charge in [0.25, 0.3) is 0 Å². The number of nitrogens with one attached hydrogen (secondary N) is 1. The first-order valence-corrected chi connectivity index (χ1v) is 3.91. The van der Waals surface area contributed by atoms with E-state index in [2.05, 4.69) is 11.9 Å². The van der Waals surface area contributed by atoms with Crippen molar-refractivity contribution in [3.05, 3.63) is 12.7 Å². The predicted octanol–water partition coefficient (Wildman–Crippen LogP) is 0.507. The van der Waals surface area contributed by atoms with Gasteiger partial charge in [-0.05, 0) is 6.42 Å². The van der Waals surface area contributed by atoms with Crippen LogP contribution in [0.25, 0.3) is 0 Å². The zero-order valence-electron chi connectivity index (χ0n) is 7.05. The van der Waals surface area contributed by atoms with E-state index in [4.69, 9.17) is 9.84 Å². The van der Waals surface area contributed by atoms with Gasteiger partial charge in [-0.2, -0.15) is 0 Å². The maximum atomic E-state index is 9.12. The molecule has 2 N–H and O–H groups in total. The van der Waals surface area contributed by atoms with E-state index in [0.717, 1.165) is 6.42 Å². The summed E-state index contributed by atoms with van der Waals surface area (Å²) < 4.78 is 5.09. The summed E-state index contributed by atoms with van der Waals surface area (Å²) in [5.41, 5.74) is 0. The number of hydrogen-bond donors (Lipinski definition) is 2. The molecule has 0 radical (unpaired) electrons. The van der Waals surface area contributed by atoms with Crippen LogP contribution in [0.1, 0.15) is 13.3 Å². The van der Waals surface area contributed by atoms with Crippen molar-refractivity contribution in [2.45, 2.75) is 19.6 Å². The number of hydrogen-bond acceptors (Lipinski definition) is 3. The largest absolute Gasteiger partial charge is 0.377 e. The van der Waals surface area contributed by atoms with Crippen LogP contribution in [0.2, 0.25) is 0 Å². The van der Waals surface area contributed by atoms with Gasteiger partial charge in [0.2, 0.25) is 0 Å². The van der Waals surface area contributed by atoms with Crippen LogP contribution in [-0.2, 0) is 4.74 Å². The molecule has 0 amide bonds. The molecule has 3 nitrogen and oxygen atoms in total. The van der Waals surface area contributed by atoms with Crippen LogP contribution in [-0.4, -0.2) is 31.1 Å². The fourth-order valence-electron chi connectivity index (χ4n) is 0.618. The summed E-state index contributed by atoms with van der Waals surface area (Å²) in [5, 5.41) is 11.9. The first kappa shape index (κ1) is 10.6. The molecule has 0 aliphatic rings. The Morgan fingerprint density at radius 2 is 2.45 bits per heavy atom. The highest BCUT2D eigenvalue weighted by Gasteiger charge is 1.99. The van der Waals surface area contributed by atoms with Gasteiger partial charge in [-0.3, -0.25) is 5.32 Å². The second-order valence-electron chi connectivity index (χ2n) is 2.29. The standard InChI is InChI=1S/C8H17NO2/c1-3-5-9-8(10)7-11-6-4-2/h3,8-10H,1,4-7H2,2H3. The number of rotatable bonds is 7. The summed E-state index contributed by atoms with van der Waals surface area (Å²) in [6.07, 6.45) is 2.11. The molecule has 11 heavy (non-hydrogen) atoms. The zero-order chi connectivity index (χ0) is 8.53. The summed E-state index contributed by atoms with van der Waals surface area (Å²) in [4.78, 5) is 0. The highest BCUT2D eigenvalue weighted by Crippen LogP contribution is 1.83. The molecule has 3 heteroatoms. The monoisotopic (exact) mass is 159 g/mol. The summed E-state index contributed by atoms with van der Waals surface area (Å²) in [6, 6.07) is 0. The minimum atomic E-state index is -0.570. The molecule has 0 aromatic rings. The minimum Gasteiger partial charge on any atom is -0.377 e. The second-order valence-corrected chi connectivity index (χ2v) is 2.29. The van der Waals surface area contributed by atoms with Crippen molar-refractivity contribution < 1.29 is 9.84 Å². The molecule has 0 fully saturated rings. The Hall–Kier alpha value is -0.380. The Balaban J connectivity index is 3.08. The van der Waals surface area contributed by atoms with Crippen LogP contribution in [0.5, 0.6) is 0 Å². The van der Waals surface area contributed by atoms with Gasteiger partial charge < -0.3 is 9.84 Å². The molecule has 0 bridgehead atoms. The molecular formula is C8H17NO2. The van der Waals surface area contributed by atoms with Crippen LogP contribution in [0.4, 0.5) is 0 Å². The lowest BCUT2D eigenvalue weighted by molar-refractivity contribution is 0.0211. The van der Waals surface area contributed by atoms with Crippen LogP contribution >= 0.6 is 0 Å². The Labute approximate surface area is 68.1 Å². The zero-order valence-corrected chi connectivity index (χ0v) is 7.05. The molecule has 0 saturated carbocycles.